The maximum absolute atomic E-state index is 12.0. The van der Waals surface area contributed by atoms with Gasteiger partial charge in [-0.3, -0.25) is 4.79 Å². The predicted molar refractivity (Wildman–Crippen MR) is 64.0 cm³/mol. The summed E-state index contributed by atoms with van der Waals surface area (Å²) in [5, 5.41) is 3.02. The standard InChI is InChI=1S/C12H22ClNO/c1-6-8(7-13)14-10(15)9-11(2,3)12(9,4)5/h8-9H,6-7H2,1-5H3,(H,14,15). The van der Waals surface area contributed by atoms with Gasteiger partial charge in [0.05, 0.1) is 0 Å². The predicted octanol–water partition coefficient (Wildman–Crippen LogP) is 2.80. The van der Waals surface area contributed by atoms with E-state index in [1.165, 1.54) is 0 Å². The normalized spacial score (nSPS) is 24.7. The highest BCUT2D eigenvalue weighted by molar-refractivity contribution is 6.18. The molecule has 1 aliphatic rings. The topological polar surface area (TPSA) is 29.1 Å². The molecule has 1 aliphatic carbocycles. The first-order chi connectivity index (χ1) is 6.79. The highest BCUT2D eigenvalue weighted by Gasteiger charge is 2.68. The molecule has 1 atom stereocenters. The van der Waals surface area contributed by atoms with Crippen molar-refractivity contribution in [3.8, 4) is 0 Å². The van der Waals surface area contributed by atoms with Gasteiger partial charge in [-0.05, 0) is 17.3 Å². The number of alkyl halides is 1. The third kappa shape index (κ3) is 2.01. The summed E-state index contributed by atoms with van der Waals surface area (Å²) in [5.74, 6) is 0.787. The summed E-state index contributed by atoms with van der Waals surface area (Å²) in [6, 6.07) is 0.117. The Morgan fingerprint density at radius 2 is 1.80 bits per heavy atom. The maximum Gasteiger partial charge on any atom is 0.224 e. The lowest BCUT2D eigenvalue weighted by atomic mass is 10.0. The molecule has 1 fully saturated rings. The molecule has 0 heterocycles. The van der Waals surface area contributed by atoms with Crippen LogP contribution in [0.3, 0.4) is 0 Å². The summed E-state index contributed by atoms with van der Waals surface area (Å²) >= 11 is 5.76. The fourth-order valence-electron chi connectivity index (χ4n) is 2.39. The quantitative estimate of drug-likeness (QED) is 0.741. The number of halogens is 1. The molecule has 0 bridgehead atoms. The molecule has 0 aromatic carbocycles. The molecule has 0 aliphatic heterocycles. The van der Waals surface area contributed by atoms with Crippen molar-refractivity contribution in [2.24, 2.45) is 16.7 Å². The molecule has 0 spiro atoms. The zero-order chi connectivity index (χ0) is 11.9. The Hall–Kier alpha value is -0.240. The van der Waals surface area contributed by atoms with E-state index in [0.29, 0.717) is 5.88 Å². The van der Waals surface area contributed by atoms with Crippen LogP contribution >= 0.6 is 11.6 Å². The molecule has 1 unspecified atom stereocenters. The monoisotopic (exact) mass is 231 g/mol. The number of rotatable bonds is 4. The van der Waals surface area contributed by atoms with Crippen molar-refractivity contribution >= 4 is 17.5 Å². The van der Waals surface area contributed by atoms with E-state index in [1.807, 2.05) is 6.92 Å². The van der Waals surface area contributed by atoms with Crippen molar-refractivity contribution in [1.29, 1.82) is 0 Å². The van der Waals surface area contributed by atoms with Crippen LogP contribution in [0.2, 0.25) is 0 Å². The number of nitrogens with one attached hydrogen (secondary N) is 1. The third-order valence-electron chi connectivity index (χ3n) is 4.31. The lowest BCUT2D eigenvalue weighted by molar-refractivity contribution is -0.124. The van der Waals surface area contributed by atoms with E-state index < -0.39 is 0 Å². The molecule has 1 N–H and O–H groups in total. The second-order valence-electron chi connectivity index (χ2n) is 5.64. The summed E-state index contributed by atoms with van der Waals surface area (Å²) in [6.45, 7) is 10.6. The lowest BCUT2D eigenvalue weighted by Crippen LogP contribution is -2.37. The fraction of sp³-hybridized carbons (Fsp3) is 0.917. The largest absolute Gasteiger partial charge is 0.352 e. The van der Waals surface area contributed by atoms with Crippen molar-refractivity contribution in [3.05, 3.63) is 0 Å². The van der Waals surface area contributed by atoms with Crippen molar-refractivity contribution in [2.45, 2.75) is 47.1 Å². The molecule has 0 radical (unpaired) electrons. The van der Waals surface area contributed by atoms with Crippen LogP contribution in [0.25, 0.3) is 0 Å². The van der Waals surface area contributed by atoms with Crippen LogP contribution in [0.4, 0.5) is 0 Å². The van der Waals surface area contributed by atoms with Crippen molar-refractivity contribution in [2.75, 3.05) is 5.88 Å². The Labute approximate surface area is 97.8 Å². The van der Waals surface area contributed by atoms with E-state index in [-0.39, 0.29) is 28.7 Å². The molecule has 0 aromatic rings. The van der Waals surface area contributed by atoms with Crippen LogP contribution in [-0.4, -0.2) is 17.8 Å². The van der Waals surface area contributed by atoms with Gasteiger partial charge in [-0.15, -0.1) is 11.6 Å². The average Bonchev–Trinajstić information content (AvgIpc) is 2.53. The Kier molecular flexibility index (Phi) is 3.39. The highest BCUT2D eigenvalue weighted by atomic mass is 35.5. The van der Waals surface area contributed by atoms with Crippen LogP contribution in [0, 0.1) is 16.7 Å². The minimum absolute atomic E-state index is 0.113. The summed E-state index contributed by atoms with van der Waals surface area (Å²) < 4.78 is 0. The fourth-order valence-corrected chi connectivity index (χ4v) is 2.68. The van der Waals surface area contributed by atoms with Crippen LogP contribution in [0.15, 0.2) is 0 Å². The van der Waals surface area contributed by atoms with Crippen molar-refractivity contribution in [3.63, 3.8) is 0 Å². The van der Waals surface area contributed by atoms with E-state index in [2.05, 4.69) is 33.0 Å². The Morgan fingerprint density at radius 3 is 2.07 bits per heavy atom. The molecule has 88 valence electrons. The maximum atomic E-state index is 12.0. The molecule has 1 saturated carbocycles. The molecule has 1 rings (SSSR count). The van der Waals surface area contributed by atoms with Gasteiger partial charge in [0.1, 0.15) is 0 Å². The minimum atomic E-state index is 0.113. The van der Waals surface area contributed by atoms with Gasteiger partial charge in [0.2, 0.25) is 5.91 Å². The Morgan fingerprint density at radius 1 is 1.33 bits per heavy atom. The van der Waals surface area contributed by atoms with Gasteiger partial charge in [-0.2, -0.15) is 0 Å². The number of hydrogen-bond donors (Lipinski definition) is 1. The summed E-state index contributed by atoms with van der Waals surface area (Å²) in [7, 11) is 0. The lowest BCUT2D eigenvalue weighted by Gasteiger charge is -2.14. The number of hydrogen-bond acceptors (Lipinski definition) is 1. The number of amides is 1. The van der Waals surface area contributed by atoms with E-state index in [1.54, 1.807) is 0 Å². The van der Waals surface area contributed by atoms with Gasteiger partial charge in [0.15, 0.2) is 0 Å². The zero-order valence-corrected chi connectivity index (χ0v) is 11.1. The first-order valence-corrected chi connectivity index (χ1v) is 6.18. The SMILES string of the molecule is CCC(CCl)NC(=O)C1C(C)(C)C1(C)C. The second kappa shape index (κ2) is 3.97. The van der Waals surface area contributed by atoms with E-state index in [4.69, 9.17) is 11.6 Å². The van der Waals surface area contributed by atoms with E-state index >= 15 is 0 Å². The van der Waals surface area contributed by atoms with Gasteiger partial charge < -0.3 is 5.32 Å². The molecule has 0 saturated heterocycles. The van der Waals surface area contributed by atoms with E-state index in [9.17, 15) is 4.79 Å². The highest BCUT2D eigenvalue weighted by Crippen LogP contribution is 2.68. The zero-order valence-electron chi connectivity index (χ0n) is 10.4. The third-order valence-corrected chi connectivity index (χ3v) is 4.68. The summed E-state index contributed by atoms with van der Waals surface area (Å²) in [4.78, 5) is 12.0. The Bertz CT molecular complexity index is 242. The first kappa shape index (κ1) is 12.8. The molecule has 1 amide bonds. The van der Waals surface area contributed by atoms with Gasteiger partial charge in [-0.25, -0.2) is 0 Å². The van der Waals surface area contributed by atoms with Crippen LogP contribution in [0.5, 0.6) is 0 Å². The first-order valence-electron chi connectivity index (χ1n) is 5.65. The van der Waals surface area contributed by atoms with Gasteiger partial charge >= 0.3 is 0 Å². The molecule has 2 nitrogen and oxygen atoms in total. The van der Waals surface area contributed by atoms with Gasteiger partial charge in [0, 0.05) is 17.8 Å². The average molecular weight is 232 g/mol. The van der Waals surface area contributed by atoms with Gasteiger partial charge in [-0.1, -0.05) is 34.6 Å². The van der Waals surface area contributed by atoms with E-state index in [0.717, 1.165) is 6.42 Å². The van der Waals surface area contributed by atoms with Crippen LogP contribution < -0.4 is 5.32 Å². The second-order valence-corrected chi connectivity index (χ2v) is 5.95. The number of carbonyl (C=O) groups excluding carboxylic acids is 1. The molecule has 3 heteroatoms. The molecular weight excluding hydrogens is 210 g/mol. The minimum Gasteiger partial charge on any atom is -0.352 e. The van der Waals surface area contributed by atoms with Crippen molar-refractivity contribution in [1.82, 2.24) is 5.32 Å². The summed E-state index contributed by atoms with van der Waals surface area (Å²) in [6.07, 6.45) is 0.892. The molecule has 15 heavy (non-hydrogen) atoms. The Balaban J connectivity index is 2.58. The number of carbonyl (C=O) groups is 1. The molecule has 0 aromatic heterocycles. The van der Waals surface area contributed by atoms with Crippen LogP contribution in [0.1, 0.15) is 41.0 Å². The van der Waals surface area contributed by atoms with Crippen molar-refractivity contribution < 1.29 is 4.79 Å². The van der Waals surface area contributed by atoms with Crippen LogP contribution in [-0.2, 0) is 4.79 Å². The molecular formula is C12H22ClNO. The smallest absolute Gasteiger partial charge is 0.224 e. The summed E-state index contributed by atoms with van der Waals surface area (Å²) in [5.41, 5.74) is 0.226. The van der Waals surface area contributed by atoms with Gasteiger partial charge in [0.25, 0.3) is 0 Å².